The first-order valence-electron chi connectivity index (χ1n) is 4.01. The van der Waals surface area contributed by atoms with E-state index in [4.69, 9.17) is 5.26 Å². The lowest BCUT2D eigenvalue weighted by Crippen LogP contribution is -1.96. The highest BCUT2D eigenvalue weighted by molar-refractivity contribution is 5.41. The van der Waals surface area contributed by atoms with Crippen molar-refractivity contribution in [2.24, 2.45) is 0 Å². The van der Waals surface area contributed by atoms with Crippen molar-refractivity contribution < 1.29 is 4.39 Å². The predicted octanol–water partition coefficient (Wildman–Crippen LogP) is 2.99. The van der Waals surface area contributed by atoms with Crippen molar-refractivity contribution in [3.05, 3.63) is 47.8 Å². The van der Waals surface area contributed by atoms with Crippen molar-refractivity contribution in [2.45, 2.75) is 12.8 Å². The second kappa shape index (κ2) is 3.86. The molecule has 0 amide bonds. The number of hydrogen-bond acceptors (Lipinski definition) is 1. The maximum atomic E-state index is 13.1. The summed E-state index contributed by atoms with van der Waals surface area (Å²) < 4.78 is 13.1. The molecule has 0 spiro atoms. The molecular weight excluding hydrogens is 165 g/mol. The number of halogens is 1. The molecule has 1 rings (SSSR count). The molecule has 1 atom stereocenters. The summed E-state index contributed by atoms with van der Waals surface area (Å²) in [5.41, 5.74) is 0.812. The zero-order valence-electron chi connectivity index (χ0n) is 7.42. The van der Waals surface area contributed by atoms with Crippen LogP contribution >= 0.6 is 0 Å². The normalized spacial score (nSPS) is 11.8. The Kier molecular flexibility index (Phi) is 2.81. The van der Waals surface area contributed by atoms with Gasteiger partial charge in [0, 0.05) is 5.92 Å². The SMILES string of the molecule is C=CC(C)c1cccc(F)c1C#N. The molecule has 0 aliphatic carbocycles. The third kappa shape index (κ3) is 1.75. The van der Waals surface area contributed by atoms with E-state index in [0.29, 0.717) is 5.56 Å². The zero-order chi connectivity index (χ0) is 9.84. The minimum atomic E-state index is -0.464. The van der Waals surface area contributed by atoms with Gasteiger partial charge in [-0.15, -0.1) is 6.58 Å². The van der Waals surface area contributed by atoms with Crippen LogP contribution in [0.1, 0.15) is 24.0 Å². The Balaban J connectivity index is 3.29. The maximum absolute atomic E-state index is 13.1. The van der Waals surface area contributed by atoms with Crippen LogP contribution < -0.4 is 0 Å². The topological polar surface area (TPSA) is 23.8 Å². The molecule has 1 nitrogen and oxygen atoms in total. The fraction of sp³-hybridized carbons (Fsp3) is 0.182. The second-order valence-electron chi connectivity index (χ2n) is 2.84. The summed E-state index contributed by atoms with van der Waals surface area (Å²) in [4.78, 5) is 0. The van der Waals surface area contributed by atoms with Crippen LogP contribution in [-0.4, -0.2) is 0 Å². The summed E-state index contributed by atoms with van der Waals surface area (Å²) in [5.74, 6) is -0.459. The summed E-state index contributed by atoms with van der Waals surface area (Å²) in [6.07, 6.45) is 1.69. The quantitative estimate of drug-likeness (QED) is 0.634. The number of allylic oxidation sites excluding steroid dienone is 1. The molecule has 0 saturated heterocycles. The van der Waals surface area contributed by atoms with Gasteiger partial charge in [0.1, 0.15) is 11.9 Å². The maximum Gasteiger partial charge on any atom is 0.141 e. The van der Waals surface area contributed by atoms with E-state index >= 15 is 0 Å². The van der Waals surface area contributed by atoms with E-state index in [2.05, 4.69) is 6.58 Å². The molecule has 0 saturated carbocycles. The van der Waals surface area contributed by atoms with Crippen LogP contribution in [0.25, 0.3) is 0 Å². The van der Waals surface area contributed by atoms with Gasteiger partial charge in [-0.05, 0) is 11.6 Å². The molecule has 0 aliphatic rings. The van der Waals surface area contributed by atoms with Crippen LogP contribution in [0.3, 0.4) is 0 Å². The van der Waals surface area contributed by atoms with Gasteiger partial charge < -0.3 is 0 Å². The number of nitrogens with zero attached hydrogens (tertiary/aromatic N) is 1. The zero-order valence-corrected chi connectivity index (χ0v) is 7.42. The van der Waals surface area contributed by atoms with E-state index in [1.165, 1.54) is 6.07 Å². The van der Waals surface area contributed by atoms with Gasteiger partial charge >= 0.3 is 0 Å². The molecule has 13 heavy (non-hydrogen) atoms. The molecule has 0 N–H and O–H groups in total. The van der Waals surface area contributed by atoms with Gasteiger partial charge in [-0.25, -0.2) is 4.39 Å². The van der Waals surface area contributed by atoms with E-state index in [1.54, 1.807) is 18.2 Å². The number of benzene rings is 1. The standard InChI is InChI=1S/C11H10FN/c1-3-8(2)9-5-4-6-11(12)10(9)7-13/h3-6,8H,1H2,2H3. The van der Waals surface area contributed by atoms with Gasteiger partial charge in [-0.1, -0.05) is 25.1 Å². The fourth-order valence-corrected chi connectivity index (χ4v) is 1.17. The Hall–Kier alpha value is -1.62. The summed E-state index contributed by atoms with van der Waals surface area (Å²) in [6.45, 7) is 5.49. The highest BCUT2D eigenvalue weighted by Crippen LogP contribution is 2.21. The number of rotatable bonds is 2. The molecule has 0 fully saturated rings. The molecule has 0 radical (unpaired) electrons. The molecule has 0 heterocycles. The van der Waals surface area contributed by atoms with Gasteiger partial charge in [0.15, 0.2) is 0 Å². The molecule has 1 aromatic carbocycles. The van der Waals surface area contributed by atoms with Crippen LogP contribution in [0.4, 0.5) is 4.39 Å². The first-order chi connectivity index (χ1) is 6.20. The Labute approximate surface area is 77.1 Å². The van der Waals surface area contributed by atoms with Crippen molar-refractivity contribution in [2.75, 3.05) is 0 Å². The number of nitriles is 1. The van der Waals surface area contributed by atoms with Crippen molar-refractivity contribution in [1.82, 2.24) is 0 Å². The molecule has 1 aromatic rings. The lowest BCUT2D eigenvalue weighted by molar-refractivity contribution is 0.620. The second-order valence-corrected chi connectivity index (χ2v) is 2.84. The number of hydrogen-bond donors (Lipinski definition) is 0. The molecule has 1 unspecified atom stereocenters. The summed E-state index contributed by atoms with van der Waals surface area (Å²) in [6, 6.07) is 6.49. The highest BCUT2D eigenvalue weighted by Gasteiger charge is 2.10. The van der Waals surface area contributed by atoms with E-state index in [1.807, 2.05) is 13.0 Å². The van der Waals surface area contributed by atoms with E-state index in [-0.39, 0.29) is 11.5 Å². The minimum Gasteiger partial charge on any atom is -0.206 e. The van der Waals surface area contributed by atoms with E-state index in [0.717, 1.165) is 0 Å². The Bertz CT molecular complexity index is 363. The van der Waals surface area contributed by atoms with Crippen molar-refractivity contribution in [1.29, 1.82) is 5.26 Å². The van der Waals surface area contributed by atoms with Crippen LogP contribution in [-0.2, 0) is 0 Å². The fourth-order valence-electron chi connectivity index (χ4n) is 1.17. The van der Waals surface area contributed by atoms with Gasteiger partial charge in [0.2, 0.25) is 0 Å². The largest absolute Gasteiger partial charge is 0.206 e. The molecule has 0 aromatic heterocycles. The molecule has 0 aliphatic heterocycles. The van der Waals surface area contributed by atoms with Crippen LogP contribution in [0.15, 0.2) is 30.9 Å². The Morgan fingerprint density at radius 1 is 1.62 bits per heavy atom. The van der Waals surface area contributed by atoms with Gasteiger partial charge in [-0.2, -0.15) is 5.26 Å². The average molecular weight is 175 g/mol. The molecular formula is C11H10FN. The van der Waals surface area contributed by atoms with Crippen molar-refractivity contribution in [3.8, 4) is 6.07 Å². The van der Waals surface area contributed by atoms with Gasteiger partial charge in [0.05, 0.1) is 5.56 Å². The van der Waals surface area contributed by atoms with Gasteiger partial charge in [-0.3, -0.25) is 0 Å². The first kappa shape index (κ1) is 9.47. The van der Waals surface area contributed by atoms with Crippen molar-refractivity contribution >= 4 is 0 Å². The predicted molar refractivity (Wildman–Crippen MR) is 49.7 cm³/mol. The minimum absolute atomic E-state index is 0.00495. The van der Waals surface area contributed by atoms with Crippen molar-refractivity contribution in [3.63, 3.8) is 0 Å². The summed E-state index contributed by atoms with van der Waals surface area (Å²) in [7, 11) is 0. The van der Waals surface area contributed by atoms with E-state index in [9.17, 15) is 4.39 Å². The Morgan fingerprint density at radius 3 is 2.85 bits per heavy atom. The third-order valence-corrected chi connectivity index (χ3v) is 2.00. The first-order valence-corrected chi connectivity index (χ1v) is 4.01. The Morgan fingerprint density at radius 2 is 2.31 bits per heavy atom. The molecule has 0 bridgehead atoms. The third-order valence-electron chi connectivity index (χ3n) is 2.00. The van der Waals surface area contributed by atoms with Crippen LogP contribution in [0, 0.1) is 17.1 Å². The lowest BCUT2D eigenvalue weighted by Gasteiger charge is -2.08. The van der Waals surface area contributed by atoms with E-state index < -0.39 is 5.82 Å². The molecule has 2 heteroatoms. The average Bonchev–Trinajstić information content (AvgIpc) is 2.16. The van der Waals surface area contributed by atoms with Crippen LogP contribution in [0.2, 0.25) is 0 Å². The molecule has 66 valence electrons. The lowest BCUT2D eigenvalue weighted by atomic mass is 9.96. The summed E-state index contributed by atoms with van der Waals surface area (Å²) >= 11 is 0. The van der Waals surface area contributed by atoms with Gasteiger partial charge in [0.25, 0.3) is 0 Å². The smallest absolute Gasteiger partial charge is 0.141 e. The highest BCUT2D eigenvalue weighted by atomic mass is 19.1. The monoisotopic (exact) mass is 175 g/mol. The summed E-state index contributed by atoms with van der Waals surface area (Å²) in [5, 5.41) is 8.72. The van der Waals surface area contributed by atoms with Crippen LogP contribution in [0.5, 0.6) is 0 Å².